The number of nitrogens with zero attached hydrogens (tertiary/aromatic N) is 5. The molecular formula is C19H31IN6O. The van der Waals surface area contributed by atoms with Gasteiger partial charge in [-0.05, 0) is 44.4 Å². The third-order valence-corrected chi connectivity index (χ3v) is 3.90. The number of aliphatic imine (C=N–C) groups is 1. The highest BCUT2D eigenvalue weighted by Crippen LogP contribution is 2.13. The Morgan fingerprint density at radius 2 is 1.85 bits per heavy atom. The second-order valence-electron chi connectivity index (χ2n) is 6.08. The van der Waals surface area contributed by atoms with Crippen LogP contribution in [0, 0.1) is 0 Å². The summed E-state index contributed by atoms with van der Waals surface area (Å²) in [5.41, 5.74) is 1.23. The molecule has 0 bridgehead atoms. The first-order chi connectivity index (χ1) is 12.7. The molecule has 0 saturated heterocycles. The van der Waals surface area contributed by atoms with E-state index in [1.54, 1.807) is 12.7 Å². The Hall–Kier alpha value is -1.84. The lowest BCUT2D eigenvalue weighted by Gasteiger charge is -2.22. The first kappa shape index (κ1) is 23.2. The molecule has 1 aromatic carbocycles. The van der Waals surface area contributed by atoms with Crippen molar-refractivity contribution in [3.8, 4) is 5.75 Å². The van der Waals surface area contributed by atoms with Crippen molar-refractivity contribution in [3.63, 3.8) is 0 Å². The van der Waals surface area contributed by atoms with Crippen LogP contribution in [0.5, 0.6) is 5.75 Å². The smallest absolute Gasteiger partial charge is 0.193 e. The second kappa shape index (κ2) is 13.3. The van der Waals surface area contributed by atoms with E-state index in [-0.39, 0.29) is 24.0 Å². The van der Waals surface area contributed by atoms with E-state index in [1.807, 2.05) is 23.6 Å². The minimum atomic E-state index is 0. The summed E-state index contributed by atoms with van der Waals surface area (Å²) in [7, 11) is 2.06. The predicted molar refractivity (Wildman–Crippen MR) is 120 cm³/mol. The number of hydrogen-bond acceptors (Lipinski definition) is 4. The van der Waals surface area contributed by atoms with Gasteiger partial charge in [0.2, 0.25) is 0 Å². The number of ether oxygens (including phenoxy) is 1. The Balaban J connectivity index is 0.00000364. The molecule has 0 spiro atoms. The van der Waals surface area contributed by atoms with Crippen LogP contribution in [0.15, 0.2) is 41.9 Å². The van der Waals surface area contributed by atoms with Crippen LogP contribution in [-0.4, -0.2) is 52.4 Å². The van der Waals surface area contributed by atoms with Crippen LogP contribution in [0.3, 0.4) is 0 Å². The monoisotopic (exact) mass is 486 g/mol. The molecule has 0 aliphatic heterocycles. The van der Waals surface area contributed by atoms with Crippen molar-refractivity contribution in [3.05, 3.63) is 42.5 Å². The van der Waals surface area contributed by atoms with E-state index in [9.17, 15) is 0 Å². The number of guanidine groups is 1. The van der Waals surface area contributed by atoms with E-state index in [1.165, 1.54) is 5.56 Å². The lowest BCUT2D eigenvalue weighted by Crippen LogP contribution is -2.38. The number of unbranched alkanes of at least 4 members (excludes halogenated alkanes) is 1. The van der Waals surface area contributed by atoms with E-state index < -0.39 is 0 Å². The van der Waals surface area contributed by atoms with E-state index in [0.717, 1.165) is 50.7 Å². The number of benzene rings is 1. The summed E-state index contributed by atoms with van der Waals surface area (Å²) >= 11 is 0. The zero-order valence-electron chi connectivity index (χ0n) is 16.5. The van der Waals surface area contributed by atoms with Gasteiger partial charge in [0.15, 0.2) is 5.96 Å². The van der Waals surface area contributed by atoms with Crippen molar-refractivity contribution in [2.24, 2.45) is 4.99 Å². The lowest BCUT2D eigenvalue weighted by molar-refractivity contribution is 0.340. The fraction of sp³-hybridized carbons (Fsp3) is 0.526. The molecule has 2 aromatic rings. The molecule has 27 heavy (non-hydrogen) atoms. The number of nitrogens with one attached hydrogen (secondary N) is 1. The van der Waals surface area contributed by atoms with E-state index >= 15 is 0 Å². The van der Waals surface area contributed by atoms with Crippen LogP contribution in [-0.2, 0) is 13.1 Å². The summed E-state index contributed by atoms with van der Waals surface area (Å²) in [5, 5.41) is 11.0. The summed E-state index contributed by atoms with van der Waals surface area (Å²) in [6.07, 6.45) is 5.59. The number of halogens is 1. The highest BCUT2D eigenvalue weighted by atomic mass is 127. The Bertz CT molecular complexity index is 645. The van der Waals surface area contributed by atoms with E-state index in [0.29, 0.717) is 6.61 Å². The van der Waals surface area contributed by atoms with Crippen LogP contribution in [0.1, 0.15) is 32.3 Å². The van der Waals surface area contributed by atoms with Gasteiger partial charge < -0.3 is 19.5 Å². The second-order valence-corrected chi connectivity index (χ2v) is 6.08. The molecule has 1 heterocycles. The van der Waals surface area contributed by atoms with Gasteiger partial charge in [0.05, 0.1) is 6.61 Å². The minimum Gasteiger partial charge on any atom is -0.494 e. The van der Waals surface area contributed by atoms with Crippen LogP contribution in [0.25, 0.3) is 0 Å². The summed E-state index contributed by atoms with van der Waals surface area (Å²) in [5.74, 6) is 1.85. The summed E-state index contributed by atoms with van der Waals surface area (Å²) in [4.78, 5) is 6.89. The van der Waals surface area contributed by atoms with Crippen LogP contribution in [0.2, 0.25) is 0 Å². The zero-order valence-corrected chi connectivity index (χ0v) is 18.8. The molecule has 0 fully saturated rings. The first-order valence-electron chi connectivity index (χ1n) is 9.26. The molecule has 0 aliphatic rings. The maximum absolute atomic E-state index is 5.50. The van der Waals surface area contributed by atoms with Crippen LogP contribution < -0.4 is 10.1 Å². The fourth-order valence-corrected chi connectivity index (χ4v) is 2.60. The van der Waals surface area contributed by atoms with Gasteiger partial charge in [0.1, 0.15) is 18.4 Å². The van der Waals surface area contributed by atoms with Gasteiger partial charge in [-0.15, -0.1) is 34.2 Å². The largest absolute Gasteiger partial charge is 0.494 e. The molecule has 0 saturated carbocycles. The van der Waals surface area contributed by atoms with Gasteiger partial charge in [0.25, 0.3) is 0 Å². The molecule has 0 amide bonds. The van der Waals surface area contributed by atoms with Crippen molar-refractivity contribution in [2.75, 3.05) is 26.7 Å². The highest BCUT2D eigenvalue weighted by Gasteiger charge is 2.06. The Labute approximate surface area is 179 Å². The van der Waals surface area contributed by atoms with E-state index in [4.69, 9.17) is 9.73 Å². The highest BCUT2D eigenvalue weighted by molar-refractivity contribution is 14.0. The van der Waals surface area contributed by atoms with Crippen LogP contribution >= 0.6 is 24.0 Å². The summed E-state index contributed by atoms with van der Waals surface area (Å²) in [6, 6.07) is 8.23. The number of hydrogen-bond donors (Lipinski definition) is 1. The third kappa shape index (κ3) is 8.59. The van der Waals surface area contributed by atoms with Gasteiger partial charge in [-0.25, -0.2) is 0 Å². The topological polar surface area (TPSA) is 67.6 Å². The molecule has 0 atom stereocenters. The first-order valence-corrected chi connectivity index (χ1v) is 9.26. The molecule has 0 radical (unpaired) electrons. The zero-order chi connectivity index (χ0) is 18.6. The Kier molecular flexibility index (Phi) is 11.5. The fourth-order valence-electron chi connectivity index (χ4n) is 2.60. The van der Waals surface area contributed by atoms with Gasteiger partial charge in [-0.2, -0.15) is 0 Å². The maximum atomic E-state index is 5.50. The SMILES string of the molecule is CCNC(=NCCCCn1cnnc1)N(C)Cc1ccc(OCC)cc1.I. The third-order valence-electron chi connectivity index (χ3n) is 3.90. The lowest BCUT2D eigenvalue weighted by atomic mass is 10.2. The number of aryl methyl sites for hydroxylation is 1. The average molecular weight is 486 g/mol. The van der Waals surface area contributed by atoms with Crippen LogP contribution in [0.4, 0.5) is 0 Å². The molecule has 2 rings (SSSR count). The summed E-state index contributed by atoms with van der Waals surface area (Å²) in [6.45, 7) is 8.17. The molecule has 0 aliphatic carbocycles. The van der Waals surface area contributed by atoms with Gasteiger partial charge >= 0.3 is 0 Å². The van der Waals surface area contributed by atoms with Crippen molar-refractivity contribution in [1.82, 2.24) is 25.0 Å². The maximum Gasteiger partial charge on any atom is 0.193 e. The molecule has 7 nitrogen and oxygen atoms in total. The van der Waals surface area contributed by atoms with Crippen molar-refractivity contribution in [2.45, 2.75) is 39.8 Å². The Morgan fingerprint density at radius 3 is 2.48 bits per heavy atom. The van der Waals surface area contributed by atoms with Crippen molar-refractivity contribution in [1.29, 1.82) is 0 Å². The normalized spacial score (nSPS) is 11.0. The molecule has 150 valence electrons. The van der Waals surface area contributed by atoms with E-state index in [2.05, 4.69) is 46.5 Å². The quantitative estimate of drug-likeness (QED) is 0.242. The van der Waals surface area contributed by atoms with Crippen molar-refractivity contribution >= 4 is 29.9 Å². The molecule has 1 N–H and O–H groups in total. The molecular weight excluding hydrogens is 455 g/mol. The van der Waals surface area contributed by atoms with Gasteiger partial charge in [0, 0.05) is 33.2 Å². The standard InChI is InChI=1S/C19H30N6O.HI/c1-4-20-19(21-12-6-7-13-25-15-22-23-16-25)24(3)14-17-8-10-18(11-9-17)26-5-2;/h8-11,15-16H,4-7,12-14H2,1-3H3,(H,20,21);1H. The number of rotatable bonds is 10. The molecule has 1 aromatic heterocycles. The van der Waals surface area contributed by atoms with Gasteiger partial charge in [-0.3, -0.25) is 4.99 Å². The summed E-state index contributed by atoms with van der Waals surface area (Å²) < 4.78 is 7.49. The predicted octanol–water partition coefficient (Wildman–Crippen LogP) is 3.17. The minimum absolute atomic E-state index is 0. The Morgan fingerprint density at radius 1 is 1.15 bits per heavy atom. The molecule has 8 heteroatoms. The molecule has 0 unspecified atom stereocenters. The number of aromatic nitrogens is 3. The average Bonchev–Trinajstić information content (AvgIpc) is 3.16. The van der Waals surface area contributed by atoms with Crippen molar-refractivity contribution < 1.29 is 4.74 Å². The van der Waals surface area contributed by atoms with Gasteiger partial charge in [-0.1, -0.05) is 12.1 Å².